The van der Waals surface area contributed by atoms with Gasteiger partial charge in [-0.1, -0.05) is 6.42 Å². The van der Waals surface area contributed by atoms with E-state index < -0.39 is 0 Å². The van der Waals surface area contributed by atoms with Crippen LogP contribution < -0.4 is 5.32 Å². The van der Waals surface area contributed by atoms with E-state index in [1.165, 1.54) is 38.5 Å². The molecule has 7 unspecified atom stereocenters. The van der Waals surface area contributed by atoms with Crippen molar-refractivity contribution in [2.24, 2.45) is 23.7 Å². The Morgan fingerprint density at radius 1 is 1.00 bits per heavy atom. The van der Waals surface area contributed by atoms with Crippen molar-refractivity contribution in [1.82, 2.24) is 5.32 Å². The van der Waals surface area contributed by atoms with E-state index in [0.29, 0.717) is 12.2 Å². The standard InChI is InChI=1S/C16H27NO/c1-10-5-6-12(18-10)9-17-16-8-11-7-15(16)14-4-2-3-13(11)14/h10-17H,2-9H2,1H3. The van der Waals surface area contributed by atoms with Crippen LogP contribution in [0.5, 0.6) is 0 Å². The van der Waals surface area contributed by atoms with Crippen molar-refractivity contribution in [2.45, 2.75) is 70.1 Å². The van der Waals surface area contributed by atoms with Crippen molar-refractivity contribution in [3.63, 3.8) is 0 Å². The molecule has 1 saturated heterocycles. The van der Waals surface area contributed by atoms with E-state index in [-0.39, 0.29) is 0 Å². The molecule has 2 bridgehead atoms. The average molecular weight is 249 g/mol. The Morgan fingerprint density at radius 3 is 2.72 bits per heavy atom. The summed E-state index contributed by atoms with van der Waals surface area (Å²) in [6.45, 7) is 3.32. The third-order valence-corrected chi connectivity index (χ3v) is 6.36. The molecule has 0 radical (unpaired) electrons. The third-order valence-electron chi connectivity index (χ3n) is 6.36. The van der Waals surface area contributed by atoms with E-state index >= 15 is 0 Å². The predicted octanol–water partition coefficient (Wildman–Crippen LogP) is 2.97. The van der Waals surface area contributed by atoms with E-state index in [9.17, 15) is 0 Å². The second-order valence-corrected chi connectivity index (χ2v) is 7.31. The summed E-state index contributed by atoms with van der Waals surface area (Å²) in [7, 11) is 0. The molecule has 18 heavy (non-hydrogen) atoms. The minimum Gasteiger partial charge on any atom is -0.374 e. The Morgan fingerprint density at radius 2 is 1.89 bits per heavy atom. The molecule has 4 rings (SSSR count). The quantitative estimate of drug-likeness (QED) is 0.830. The molecule has 2 heteroatoms. The Labute approximate surface area is 111 Å². The maximum Gasteiger partial charge on any atom is 0.0704 e. The maximum absolute atomic E-state index is 5.93. The number of ether oxygens (including phenoxy) is 1. The Bertz CT molecular complexity index is 318. The predicted molar refractivity (Wildman–Crippen MR) is 72.4 cm³/mol. The lowest BCUT2D eigenvalue weighted by Gasteiger charge is -2.32. The van der Waals surface area contributed by atoms with E-state index in [2.05, 4.69) is 12.2 Å². The highest BCUT2D eigenvalue weighted by molar-refractivity contribution is 5.05. The molecule has 0 spiro atoms. The van der Waals surface area contributed by atoms with Gasteiger partial charge in [-0.3, -0.25) is 0 Å². The van der Waals surface area contributed by atoms with E-state index in [1.807, 2.05) is 0 Å². The highest BCUT2D eigenvalue weighted by Crippen LogP contribution is 2.58. The van der Waals surface area contributed by atoms with Crippen molar-refractivity contribution < 1.29 is 4.74 Å². The van der Waals surface area contributed by atoms with Crippen LogP contribution in [0.2, 0.25) is 0 Å². The van der Waals surface area contributed by atoms with Gasteiger partial charge in [-0.2, -0.15) is 0 Å². The van der Waals surface area contributed by atoms with Crippen LogP contribution in [-0.4, -0.2) is 24.8 Å². The number of fused-ring (bicyclic) bond motifs is 5. The largest absolute Gasteiger partial charge is 0.374 e. The molecule has 0 aromatic rings. The molecular weight excluding hydrogens is 222 g/mol. The average Bonchev–Trinajstić information content (AvgIpc) is 3.08. The molecule has 0 aromatic heterocycles. The molecule has 4 aliphatic rings. The molecule has 2 nitrogen and oxygen atoms in total. The number of rotatable bonds is 3. The highest BCUT2D eigenvalue weighted by Gasteiger charge is 2.53. The zero-order valence-electron chi connectivity index (χ0n) is 11.6. The molecule has 3 saturated carbocycles. The van der Waals surface area contributed by atoms with Crippen LogP contribution in [0.15, 0.2) is 0 Å². The van der Waals surface area contributed by atoms with Gasteiger partial charge >= 0.3 is 0 Å². The minimum absolute atomic E-state index is 0.496. The van der Waals surface area contributed by atoms with E-state index in [0.717, 1.165) is 36.3 Å². The van der Waals surface area contributed by atoms with Crippen LogP contribution in [0, 0.1) is 23.7 Å². The second kappa shape index (κ2) is 4.49. The van der Waals surface area contributed by atoms with Gasteiger partial charge in [0.25, 0.3) is 0 Å². The van der Waals surface area contributed by atoms with Crippen LogP contribution in [0.3, 0.4) is 0 Å². The monoisotopic (exact) mass is 249 g/mol. The van der Waals surface area contributed by atoms with Crippen LogP contribution in [0.25, 0.3) is 0 Å². The summed E-state index contributed by atoms with van der Waals surface area (Å²) in [6, 6.07) is 0.828. The summed E-state index contributed by atoms with van der Waals surface area (Å²) in [5, 5.41) is 3.86. The van der Waals surface area contributed by atoms with Gasteiger partial charge in [0.05, 0.1) is 12.2 Å². The lowest BCUT2D eigenvalue weighted by atomic mass is 9.79. The van der Waals surface area contributed by atoms with Crippen molar-refractivity contribution in [3.8, 4) is 0 Å². The molecule has 1 heterocycles. The molecule has 1 N–H and O–H groups in total. The Kier molecular flexibility index (Phi) is 2.92. The third kappa shape index (κ3) is 1.84. The van der Waals surface area contributed by atoms with Crippen molar-refractivity contribution in [1.29, 1.82) is 0 Å². The van der Waals surface area contributed by atoms with Gasteiger partial charge in [-0.05, 0) is 69.1 Å². The fraction of sp³-hybridized carbons (Fsp3) is 1.00. The van der Waals surface area contributed by atoms with Gasteiger partial charge < -0.3 is 10.1 Å². The molecule has 3 aliphatic carbocycles. The van der Waals surface area contributed by atoms with Gasteiger partial charge in [0.15, 0.2) is 0 Å². The van der Waals surface area contributed by atoms with Crippen LogP contribution in [0.1, 0.15) is 51.9 Å². The first-order valence-electron chi connectivity index (χ1n) is 8.20. The Hall–Kier alpha value is -0.0800. The SMILES string of the molecule is CC1CCC(CNC2CC3CC2C2CCCC32)O1. The van der Waals surface area contributed by atoms with Crippen molar-refractivity contribution >= 4 is 0 Å². The first-order valence-corrected chi connectivity index (χ1v) is 8.20. The topological polar surface area (TPSA) is 21.3 Å². The van der Waals surface area contributed by atoms with E-state index in [1.54, 1.807) is 6.42 Å². The number of hydrogen-bond donors (Lipinski definition) is 1. The van der Waals surface area contributed by atoms with E-state index in [4.69, 9.17) is 4.74 Å². The fourth-order valence-corrected chi connectivity index (χ4v) is 5.62. The summed E-state index contributed by atoms with van der Waals surface area (Å²) >= 11 is 0. The zero-order valence-corrected chi connectivity index (χ0v) is 11.6. The summed E-state index contributed by atoms with van der Waals surface area (Å²) in [5.74, 6) is 4.30. The fourth-order valence-electron chi connectivity index (χ4n) is 5.62. The van der Waals surface area contributed by atoms with Crippen LogP contribution in [0.4, 0.5) is 0 Å². The van der Waals surface area contributed by atoms with Gasteiger partial charge in [0.2, 0.25) is 0 Å². The first kappa shape index (κ1) is 11.7. The number of hydrogen-bond acceptors (Lipinski definition) is 2. The van der Waals surface area contributed by atoms with Crippen molar-refractivity contribution in [3.05, 3.63) is 0 Å². The minimum atomic E-state index is 0.496. The second-order valence-electron chi connectivity index (χ2n) is 7.31. The molecule has 0 aromatic carbocycles. The lowest BCUT2D eigenvalue weighted by Crippen LogP contribution is -2.42. The zero-order chi connectivity index (χ0) is 12.1. The Balaban J connectivity index is 1.32. The summed E-state index contributed by atoms with van der Waals surface area (Å²) in [4.78, 5) is 0. The van der Waals surface area contributed by atoms with Gasteiger partial charge in [0.1, 0.15) is 0 Å². The molecule has 4 fully saturated rings. The summed E-state index contributed by atoms with van der Waals surface area (Å²) in [5.41, 5.74) is 0. The molecule has 0 amide bonds. The molecule has 7 atom stereocenters. The maximum atomic E-state index is 5.93. The van der Waals surface area contributed by atoms with Gasteiger partial charge in [-0.25, -0.2) is 0 Å². The smallest absolute Gasteiger partial charge is 0.0704 e. The first-order chi connectivity index (χ1) is 8.81. The van der Waals surface area contributed by atoms with Crippen molar-refractivity contribution in [2.75, 3.05) is 6.54 Å². The molecule has 1 aliphatic heterocycles. The normalized spacial score (nSPS) is 54.2. The summed E-state index contributed by atoms with van der Waals surface area (Å²) < 4.78 is 5.93. The summed E-state index contributed by atoms with van der Waals surface area (Å²) in [6.07, 6.45) is 11.1. The number of nitrogens with one attached hydrogen (secondary N) is 1. The molecule has 102 valence electrons. The van der Waals surface area contributed by atoms with Gasteiger partial charge in [0, 0.05) is 12.6 Å². The van der Waals surface area contributed by atoms with Crippen LogP contribution in [-0.2, 0) is 4.74 Å². The lowest BCUT2D eigenvalue weighted by molar-refractivity contribution is 0.0513. The van der Waals surface area contributed by atoms with Crippen LogP contribution >= 0.6 is 0 Å². The molecular formula is C16H27NO. The van der Waals surface area contributed by atoms with Gasteiger partial charge in [-0.15, -0.1) is 0 Å². The highest BCUT2D eigenvalue weighted by atomic mass is 16.5.